The van der Waals surface area contributed by atoms with Crippen molar-refractivity contribution in [3.8, 4) is 0 Å². The molecule has 1 aromatic carbocycles. The molecule has 0 bridgehead atoms. The summed E-state index contributed by atoms with van der Waals surface area (Å²) < 4.78 is 26.6. The van der Waals surface area contributed by atoms with Crippen molar-refractivity contribution in [2.24, 2.45) is 0 Å². The molecular weight excluding hydrogens is 340 g/mol. The van der Waals surface area contributed by atoms with E-state index in [1.807, 2.05) is 30.3 Å². The quantitative estimate of drug-likeness (QED) is 0.617. The molecule has 23 heavy (non-hydrogen) atoms. The molecule has 0 aliphatic rings. The molecule has 0 spiro atoms. The average Bonchev–Trinajstić information content (AvgIpc) is 2.96. The molecule has 0 aliphatic carbocycles. The molecule has 0 fully saturated rings. The van der Waals surface area contributed by atoms with Gasteiger partial charge in [0, 0.05) is 13.0 Å². The van der Waals surface area contributed by atoms with Crippen LogP contribution in [-0.2, 0) is 21.2 Å². The number of nitrogens with zero attached hydrogens (tertiary/aromatic N) is 2. The monoisotopic (exact) mass is 356 g/mol. The molecule has 1 atom stereocenters. The van der Waals surface area contributed by atoms with Gasteiger partial charge in [-0.15, -0.1) is 10.2 Å². The van der Waals surface area contributed by atoms with Gasteiger partial charge in [-0.2, -0.15) is 0 Å². The summed E-state index contributed by atoms with van der Waals surface area (Å²) in [4.78, 5) is 10.9. The van der Waals surface area contributed by atoms with Crippen molar-refractivity contribution in [2.45, 2.75) is 23.7 Å². The summed E-state index contributed by atoms with van der Waals surface area (Å²) in [6, 6.07) is 8.53. The lowest BCUT2D eigenvalue weighted by Gasteiger charge is -2.15. The van der Waals surface area contributed by atoms with Crippen molar-refractivity contribution in [3.05, 3.63) is 35.9 Å². The smallest absolute Gasteiger partial charge is 0.270 e. The molecular formula is C13H16N4O4S2. The number of rotatable bonds is 7. The second-order valence-electron chi connectivity index (χ2n) is 4.74. The second-order valence-corrected chi connectivity index (χ2v) is 7.61. The number of aliphatic hydroxyl groups is 1. The zero-order chi connectivity index (χ0) is 16.9. The third-order valence-corrected chi connectivity index (χ3v) is 5.51. The lowest BCUT2D eigenvalue weighted by atomic mass is 10.1. The maximum atomic E-state index is 12.3. The molecule has 2 aromatic rings. The number of aromatic nitrogens is 2. The van der Waals surface area contributed by atoms with Crippen molar-refractivity contribution in [2.75, 3.05) is 11.9 Å². The van der Waals surface area contributed by atoms with E-state index in [4.69, 9.17) is 0 Å². The van der Waals surface area contributed by atoms with Crippen LogP contribution in [0.15, 0.2) is 34.7 Å². The predicted molar refractivity (Wildman–Crippen MR) is 85.6 cm³/mol. The molecule has 0 saturated heterocycles. The Morgan fingerprint density at radius 1 is 1.30 bits per heavy atom. The van der Waals surface area contributed by atoms with Crippen molar-refractivity contribution in [1.29, 1.82) is 0 Å². The number of benzene rings is 1. The zero-order valence-electron chi connectivity index (χ0n) is 12.3. The molecule has 2 rings (SSSR count). The number of amides is 1. The SMILES string of the molecule is CC(=O)Nc1nnc(S(=O)(=O)NC(CO)Cc2ccccc2)s1. The number of carbonyl (C=O) groups excluding carboxylic acids is 1. The standard InChI is InChI=1S/C13H16N4O4S2/c1-9(19)14-12-15-16-13(22-12)23(20,21)17-11(8-18)7-10-5-3-2-4-6-10/h2-6,11,17-18H,7-8H2,1H3,(H,14,15,19). The Hall–Kier alpha value is -1.88. The van der Waals surface area contributed by atoms with Crippen molar-refractivity contribution in [1.82, 2.24) is 14.9 Å². The lowest BCUT2D eigenvalue weighted by Crippen LogP contribution is -2.39. The lowest BCUT2D eigenvalue weighted by molar-refractivity contribution is -0.114. The fourth-order valence-corrected chi connectivity index (χ4v) is 4.02. The number of hydrogen-bond acceptors (Lipinski definition) is 7. The molecule has 1 heterocycles. The highest BCUT2D eigenvalue weighted by molar-refractivity contribution is 7.91. The van der Waals surface area contributed by atoms with Crippen LogP contribution < -0.4 is 10.0 Å². The van der Waals surface area contributed by atoms with Crippen LogP contribution in [0.4, 0.5) is 5.13 Å². The Morgan fingerprint density at radius 2 is 2.00 bits per heavy atom. The Bertz CT molecular complexity index is 761. The summed E-state index contributed by atoms with van der Waals surface area (Å²) in [5.74, 6) is -0.365. The molecule has 0 saturated carbocycles. The number of anilines is 1. The van der Waals surface area contributed by atoms with Crippen LogP contribution in [0.5, 0.6) is 0 Å². The third kappa shape index (κ3) is 5.06. The fraction of sp³-hybridized carbons (Fsp3) is 0.308. The average molecular weight is 356 g/mol. The molecule has 0 aliphatic heterocycles. The van der Waals surface area contributed by atoms with E-state index in [9.17, 15) is 18.3 Å². The van der Waals surface area contributed by atoms with E-state index in [0.717, 1.165) is 16.9 Å². The van der Waals surface area contributed by atoms with E-state index in [2.05, 4.69) is 20.2 Å². The minimum Gasteiger partial charge on any atom is -0.395 e. The van der Waals surface area contributed by atoms with Crippen LogP contribution in [-0.4, -0.2) is 42.3 Å². The number of hydrogen-bond donors (Lipinski definition) is 3. The Labute approximate surface area is 137 Å². The van der Waals surface area contributed by atoms with Gasteiger partial charge in [0.15, 0.2) is 0 Å². The van der Waals surface area contributed by atoms with Gasteiger partial charge in [-0.3, -0.25) is 4.79 Å². The maximum Gasteiger partial charge on any atom is 0.270 e. The molecule has 124 valence electrons. The molecule has 10 heteroatoms. The number of carbonyl (C=O) groups is 1. The van der Waals surface area contributed by atoms with Crippen LogP contribution in [0.2, 0.25) is 0 Å². The number of nitrogens with one attached hydrogen (secondary N) is 2. The van der Waals surface area contributed by atoms with Crippen LogP contribution >= 0.6 is 11.3 Å². The molecule has 1 aromatic heterocycles. The predicted octanol–water partition coefficient (Wildman–Crippen LogP) is 0.378. The van der Waals surface area contributed by atoms with Crippen LogP contribution in [0.1, 0.15) is 12.5 Å². The van der Waals surface area contributed by atoms with E-state index < -0.39 is 16.1 Å². The molecule has 3 N–H and O–H groups in total. The Balaban J connectivity index is 2.09. The Kier molecular flexibility index (Phi) is 5.77. The van der Waals surface area contributed by atoms with Crippen molar-refractivity contribution in [3.63, 3.8) is 0 Å². The van der Waals surface area contributed by atoms with Gasteiger partial charge in [0.05, 0.1) is 6.61 Å². The third-order valence-electron chi connectivity index (χ3n) is 2.79. The summed E-state index contributed by atoms with van der Waals surface area (Å²) in [5, 5.41) is 19.0. The van der Waals surface area contributed by atoms with Gasteiger partial charge in [0.2, 0.25) is 15.4 Å². The van der Waals surface area contributed by atoms with Crippen molar-refractivity contribution >= 4 is 32.4 Å². The second kappa shape index (κ2) is 7.59. The van der Waals surface area contributed by atoms with Gasteiger partial charge in [-0.25, -0.2) is 13.1 Å². The number of aliphatic hydroxyl groups excluding tert-OH is 1. The van der Waals surface area contributed by atoms with Gasteiger partial charge in [0.1, 0.15) is 0 Å². The van der Waals surface area contributed by atoms with Crippen LogP contribution in [0.3, 0.4) is 0 Å². The van der Waals surface area contributed by atoms with E-state index in [0.29, 0.717) is 6.42 Å². The highest BCUT2D eigenvalue weighted by Gasteiger charge is 2.24. The van der Waals surface area contributed by atoms with Gasteiger partial charge in [-0.05, 0) is 12.0 Å². The van der Waals surface area contributed by atoms with Crippen molar-refractivity contribution < 1.29 is 18.3 Å². The first kappa shape index (κ1) is 17.5. The summed E-state index contributed by atoms with van der Waals surface area (Å²) >= 11 is 0.741. The Morgan fingerprint density at radius 3 is 2.61 bits per heavy atom. The van der Waals surface area contributed by atoms with Gasteiger partial charge in [0.25, 0.3) is 10.0 Å². The summed E-state index contributed by atoms with van der Waals surface area (Å²) in [6.45, 7) is 0.932. The zero-order valence-corrected chi connectivity index (χ0v) is 13.9. The molecule has 0 radical (unpaired) electrons. The van der Waals surface area contributed by atoms with E-state index in [1.165, 1.54) is 6.92 Å². The van der Waals surface area contributed by atoms with E-state index >= 15 is 0 Å². The first-order valence-corrected chi connectivity index (χ1v) is 8.99. The minimum absolute atomic E-state index is 0.0986. The molecule has 1 unspecified atom stereocenters. The van der Waals surface area contributed by atoms with E-state index in [1.54, 1.807) is 0 Å². The maximum absolute atomic E-state index is 12.3. The topological polar surface area (TPSA) is 121 Å². The largest absolute Gasteiger partial charge is 0.395 e. The highest BCUT2D eigenvalue weighted by atomic mass is 32.2. The number of sulfonamides is 1. The fourth-order valence-electron chi connectivity index (χ4n) is 1.83. The first-order chi connectivity index (χ1) is 10.9. The summed E-state index contributed by atoms with van der Waals surface area (Å²) in [6.07, 6.45) is 0.341. The minimum atomic E-state index is -3.92. The highest BCUT2D eigenvalue weighted by Crippen LogP contribution is 2.20. The van der Waals surface area contributed by atoms with Gasteiger partial charge < -0.3 is 10.4 Å². The van der Waals surface area contributed by atoms with Crippen LogP contribution in [0.25, 0.3) is 0 Å². The summed E-state index contributed by atoms with van der Waals surface area (Å²) in [7, 11) is -3.92. The van der Waals surface area contributed by atoms with Gasteiger partial charge >= 0.3 is 0 Å². The van der Waals surface area contributed by atoms with Crippen LogP contribution in [0, 0.1) is 0 Å². The molecule has 1 amide bonds. The molecule has 8 nitrogen and oxygen atoms in total. The first-order valence-electron chi connectivity index (χ1n) is 6.69. The van der Waals surface area contributed by atoms with E-state index in [-0.39, 0.29) is 22.0 Å². The van der Waals surface area contributed by atoms with Gasteiger partial charge in [-0.1, -0.05) is 41.7 Å². The summed E-state index contributed by atoms with van der Waals surface area (Å²) in [5.41, 5.74) is 0.894. The normalized spacial score (nSPS) is 12.8.